The Hall–Kier alpha value is -1.91. The summed E-state index contributed by atoms with van der Waals surface area (Å²) in [5, 5.41) is 4.16. The zero-order valence-electron chi connectivity index (χ0n) is 16.8. The predicted octanol–water partition coefficient (Wildman–Crippen LogP) is 4.41. The molecule has 144 valence electrons. The van der Waals surface area contributed by atoms with Crippen molar-refractivity contribution in [3.8, 4) is 11.4 Å². The van der Waals surface area contributed by atoms with Crippen molar-refractivity contribution in [3.63, 3.8) is 0 Å². The van der Waals surface area contributed by atoms with E-state index in [1.165, 1.54) is 31.2 Å². The SMILES string of the molecule is CC1(C)Cc2[nH]c(=O)c(-c3noc(CC45CCCC4C5)n3)cc2C(C)(C)C1. The number of H-pyrrole nitrogens is 1. The summed E-state index contributed by atoms with van der Waals surface area (Å²) >= 11 is 0. The second kappa shape index (κ2) is 5.33. The molecule has 2 unspecified atom stereocenters. The van der Waals surface area contributed by atoms with Crippen LogP contribution in [0.15, 0.2) is 15.4 Å². The number of nitrogens with one attached hydrogen (secondary N) is 1. The maximum absolute atomic E-state index is 12.8. The summed E-state index contributed by atoms with van der Waals surface area (Å²) in [5.41, 5.74) is 3.29. The summed E-state index contributed by atoms with van der Waals surface area (Å²) in [6.45, 7) is 9.04. The van der Waals surface area contributed by atoms with Crippen LogP contribution in [-0.4, -0.2) is 15.1 Å². The van der Waals surface area contributed by atoms with Crippen LogP contribution in [0.4, 0.5) is 0 Å². The Bertz CT molecular complexity index is 968. The third-order valence-electron chi connectivity index (χ3n) is 7.23. The van der Waals surface area contributed by atoms with Gasteiger partial charge in [-0.1, -0.05) is 39.3 Å². The van der Waals surface area contributed by atoms with Gasteiger partial charge in [-0.3, -0.25) is 4.79 Å². The van der Waals surface area contributed by atoms with Crippen LogP contribution in [0.1, 0.15) is 76.9 Å². The standard InChI is InChI=1S/C22H29N3O2/c1-20(2)10-16-15(21(3,4)12-20)8-14(19(26)23-16)18-24-17(27-25-18)11-22-7-5-6-13(22)9-22/h8,13H,5-7,9-12H2,1-4H3,(H,23,26). The van der Waals surface area contributed by atoms with Crippen molar-refractivity contribution in [2.24, 2.45) is 16.7 Å². The van der Waals surface area contributed by atoms with Gasteiger partial charge in [-0.25, -0.2) is 0 Å². The molecule has 0 amide bonds. The molecule has 0 radical (unpaired) electrons. The second-order valence-corrected chi connectivity index (χ2v) is 10.7. The average Bonchev–Trinajstić information content (AvgIpc) is 2.89. The molecule has 2 aromatic heterocycles. The monoisotopic (exact) mass is 367 g/mol. The summed E-state index contributed by atoms with van der Waals surface area (Å²) in [6.07, 6.45) is 8.08. The minimum atomic E-state index is -0.113. The molecule has 0 saturated heterocycles. The van der Waals surface area contributed by atoms with Crippen molar-refractivity contribution in [3.05, 3.63) is 33.6 Å². The number of nitrogens with zero attached hydrogens (tertiary/aromatic N) is 2. The first kappa shape index (κ1) is 17.2. The largest absolute Gasteiger partial charge is 0.339 e. The molecular formula is C22H29N3O2. The second-order valence-electron chi connectivity index (χ2n) is 10.7. The number of aromatic nitrogens is 3. The van der Waals surface area contributed by atoms with E-state index in [1.807, 2.05) is 6.07 Å². The van der Waals surface area contributed by atoms with E-state index in [0.29, 0.717) is 22.7 Å². The van der Waals surface area contributed by atoms with Gasteiger partial charge in [-0.05, 0) is 65.9 Å². The summed E-state index contributed by atoms with van der Waals surface area (Å²) in [7, 11) is 0. The Morgan fingerprint density at radius 3 is 2.81 bits per heavy atom. The minimum Gasteiger partial charge on any atom is -0.339 e. The normalized spacial score (nSPS) is 30.0. The Kier molecular flexibility index (Phi) is 3.40. The van der Waals surface area contributed by atoms with E-state index in [-0.39, 0.29) is 16.4 Å². The van der Waals surface area contributed by atoms with Gasteiger partial charge < -0.3 is 9.51 Å². The van der Waals surface area contributed by atoms with Gasteiger partial charge in [0.2, 0.25) is 11.7 Å². The summed E-state index contributed by atoms with van der Waals surface area (Å²) in [6, 6.07) is 2.01. The van der Waals surface area contributed by atoms with Crippen molar-refractivity contribution < 1.29 is 4.52 Å². The van der Waals surface area contributed by atoms with Gasteiger partial charge in [0.05, 0.1) is 5.56 Å². The maximum atomic E-state index is 12.8. The molecule has 0 aromatic carbocycles. The highest BCUT2D eigenvalue weighted by Crippen LogP contribution is 2.64. The lowest BCUT2D eigenvalue weighted by Gasteiger charge is -2.42. The van der Waals surface area contributed by atoms with Crippen LogP contribution in [0.25, 0.3) is 11.4 Å². The van der Waals surface area contributed by atoms with Gasteiger partial charge in [-0.2, -0.15) is 4.98 Å². The van der Waals surface area contributed by atoms with Gasteiger partial charge >= 0.3 is 0 Å². The van der Waals surface area contributed by atoms with Gasteiger partial charge in [0, 0.05) is 12.1 Å². The molecular weight excluding hydrogens is 338 g/mol. The lowest BCUT2D eigenvalue weighted by atomic mass is 9.64. The molecule has 5 heteroatoms. The number of aromatic amines is 1. The van der Waals surface area contributed by atoms with Crippen LogP contribution in [-0.2, 0) is 18.3 Å². The molecule has 0 aliphatic heterocycles. The van der Waals surface area contributed by atoms with Crippen molar-refractivity contribution in [1.82, 2.24) is 15.1 Å². The van der Waals surface area contributed by atoms with Gasteiger partial charge in [0.25, 0.3) is 5.56 Å². The highest BCUT2D eigenvalue weighted by molar-refractivity contribution is 5.56. The first-order chi connectivity index (χ1) is 12.7. The lowest BCUT2D eigenvalue weighted by molar-refractivity contribution is 0.227. The molecule has 2 atom stereocenters. The predicted molar refractivity (Wildman–Crippen MR) is 104 cm³/mol. The molecule has 2 heterocycles. The summed E-state index contributed by atoms with van der Waals surface area (Å²) < 4.78 is 5.54. The fourth-order valence-electron chi connectivity index (χ4n) is 6.20. The molecule has 27 heavy (non-hydrogen) atoms. The Balaban J connectivity index is 1.49. The van der Waals surface area contributed by atoms with Crippen LogP contribution in [0, 0.1) is 16.7 Å². The van der Waals surface area contributed by atoms with Gasteiger partial charge in [-0.15, -0.1) is 0 Å². The molecule has 2 saturated carbocycles. The highest BCUT2D eigenvalue weighted by Gasteiger charge is 2.57. The smallest absolute Gasteiger partial charge is 0.259 e. The van der Waals surface area contributed by atoms with Crippen LogP contribution < -0.4 is 5.56 Å². The van der Waals surface area contributed by atoms with E-state index in [1.54, 1.807) is 0 Å². The molecule has 0 spiro atoms. The number of pyridine rings is 1. The molecule has 5 rings (SSSR count). The summed E-state index contributed by atoms with van der Waals surface area (Å²) in [5.74, 6) is 1.97. The van der Waals surface area contributed by atoms with Crippen LogP contribution in [0.3, 0.4) is 0 Å². The number of fused-ring (bicyclic) bond motifs is 2. The fraction of sp³-hybridized carbons (Fsp3) is 0.682. The third-order valence-corrected chi connectivity index (χ3v) is 7.23. The van der Waals surface area contributed by atoms with Gasteiger partial charge in [0.15, 0.2) is 0 Å². The zero-order valence-corrected chi connectivity index (χ0v) is 16.8. The quantitative estimate of drug-likeness (QED) is 0.872. The minimum absolute atomic E-state index is 0.00659. The van der Waals surface area contributed by atoms with E-state index in [0.717, 1.165) is 30.9 Å². The first-order valence-electron chi connectivity index (χ1n) is 10.3. The van der Waals surface area contributed by atoms with Crippen LogP contribution in [0.5, 0.6) is 0 Å². The average molecular weight is 367 g/mol. The topological polar surface area (TPSA) is 71.8 Å². The highest BCUT2D eigenvalue weighted by atomic mass is 16.5. The van der Waals surface area contributed by atoms with E-state index in [2.05, 4.69) is 42.8 Å². The zero-order chi connectivity index (χ0) is 19.0. The van der Waals surface area contributed by atoms with Crippen molar-refractivity contribution in [2.45, 2.75) is 78.1 Å². The Morgan fingerprint density at radius 1 is 1.30 bits per heavy atom. The Labute approximate surface area is 160 Å². The molecule has 1 N–H and O–H groups in total. The fourth-order valence-corrected chi connectivity index (χ4v) is 6.20. The van der Waals surface area contributed by atoms with Crippen molar-refractivity contribution in [2.75, 3.05) is 0 Å². The van der Waals surface area contributed by atoms with E-state index >= 15 is 0 Å². The molecule has 0 bridgehead atoms. The van der Waals surface area contributed by atoms with Crippen molar-refractivity contribution in [1.29, 1.82) is 0 Å². The molecule has 3 aliphatic rings. The molecule has 3 aliphatic carbocycles. The number of hydrogen-bond acceptors (Lipinski definition) is 4. The number of rotatable bonds is 3. The molecule has 2 aromatic rings. The van der Waals surface area contributed by atoms with E-state index in [4.69, 9.17) is 4.52 Å². The maximum Gasteiger partial charge on any atom is 0.259 e. The van der Waals surface area contributed by atoms with Crippen LogP contribution in [0.2, 0.25) is 0 Å². The van der Waals surface area contributed by atoms with Gasteiger partial charge in [0.1, 0.15) is 0 Å². The van der Waals surface area contributed by atoms with E-state index < -0.39 is 0 Å². The Morgan fingerprint density at radius 2 is 2.11 bits per heavy atom. The third kappa shape index (κ3) is 2.77. The summed E-state index contributed by atoms with van der Waals surface area (Å²) in [4.78, 5) is 20.5. The van der Waals surface area contributed by atoms with Crippen LogP contribution >= 0.6 is 0 Å². The van der Waals surface area contributed by atoms with Crippen molar-refractivity contribution >= 4 is 0 Å². The molecule has 2 fully saturated rings. The first-order valence-corrected chi connectivity index (χ1v) is 10.3. The number of hydrogen-bond donors (Lipinski definition) is 1. The lowest BCUT2D eigenvalue weighted by Crippen LogP contribution is -2.37. The molecule has 5 nitrogen and oxygen atoms in total. The van der Waals surface area contributed by atoms with E-state index in [9.17, 15) is 4.79 Å².